The molecule has 0 bridgehead atoms. The molecule has 0 unspecified atom stereocenters. The van der Waals surface area contributed by atoms with Gasteiger partial charge in [0.05, 0.1) is 29.5 Å². The first-order valence-electron chi connectivity index (χ1n) is 10.2. The molecule has 0 fully saturated rings. The summed E-state index contributed by atoms with van der Waals surface area (Å²) in [4.78, 5) is 20.3. The summed E-state index contributed by atoms with van der Waals surface area (Å²) in [6.07, 6.45) is 2.34. The van der Waals surface area contributed by atoms with Gasteiger partial charge in [-0.15, -0.1) is 11.3 Å². The van der Waals surface area contributed by atoms with Crippen LogP contribution in [0.4, 0.5) is 5.95 Å². The normalized spacial score (nSPS) is 15.2. The Kier molecular flexibility index (Phi) is 5.33. The Bertz CT molecular complexity index is 1380. The number of hydrazone groups is 1. The van der Waals surface area contributed by atoms with Crippen molar-refractivity contribution in [1.82, 2.24) is 9.55 Å². The van der Waals surface area contributed by atoms with Gasteiger partial charge in [0.25, 0.3) is 5.56 Å². The molecule has 0 atom stereocenters. The van der Waals surface area contributed by atoms with Gasteiger partial charge in [0.15, 0.2) is 0 Å². The van der Waals surface area contributed by atoms with Crippen molar-refractivity contribution >= 4 is 45.3 Å². The summed E-state index contributed by atoms with van der Waals surface area (Å²) in [6.45, 7) is 4.58. The lowest BCUT2D eigenvalue weighted by molar-refractivity contribution is -0.0379. The molecule has 2 aromatic heterocycles. The number of halogens is 1. The molecule has 0 saturated heterocycles. The second kappa shape index (κ2) is 8.16. The summed E-state index contributed by atoms with van der Waals surface area (Å²) in [7, 11) is 0. The Balaban J connectivity index is 1.63. The predicted octanol–water partition coefficient (Wildman–Crippen LogP) is 5.40. The summed E-state index contributed by atoms with van der Waals surface area (Å²) >= 11 is 7.46. The number of thiophene rings is 1. The van der Waals surface area contributed by atoms with Crippen LogP contribution in [-0.2, 0) is 17.8 Å². The van der Waals surface area contributed by atoms with Crippen LogP contribution in [-0.4, -0.2) is 21.4 Å². The highest BCUT2D eigenvalue weighted by atomic mass is 35.5. The van der Waals surface area contributed by atoms with Crippen molar-refractivity contribution in [2.24, 2.45) is 5.10 Å². The van der Waals surface area contributed by atoms with E-state index in [0.29, 0.717) is 34.2 Å². The molecule has 1 N–H and O–H groups in total. The fraction of sp³-hybridized carbons (Fsp3) is 0.208. The van der Waals surface area contributed by atoms with Crippen molar-refractivity contribution in [3.8, 4) is 5.69 Å². The van der Waals surface area contributed by atoms with Gasteiger partial charge in [-0.05, 0) is 49.2 Å². The van der Waals surface area contributed by atoms with Gasteiger partial charge >= 0.3 is 0 Å². The van der Waals surface area contributed by atoms with E-state index in [9.17, 15) is 4.79 Å². The fourth-order valence-electron chi connectivity index (χ4n) is 3.80. The van der Waals surface area contributed by atoms with Gasteiger partial charge in [-0.1, -0.05) is 41.9 Å². The van der Waals surface area contributed by atoms with Gasteiger partial charge < -0.3 is 4.74 Å². The highest BCUT2D eigenvalue weighted by Gasteiger charge is 2.31. The molecule has 0 amide bonds. The van der Waals surface area contributed by atoms with Gasteiger partial charge in [-0.2, -0.15) is 5.10 Å². The highest BCUT2D eigenvalue weighted by Crippen LogP contribution is 2.37. The van der Waals surface area contributed by atoms with Crippen LogP contribution in [0.1, 0.15) is 29.9 Å². The van der Waals surface area contributed by atoms with Crippen molar-refractivity contribution in [1.29, 1.82) is 0 Å². The first-order valence-corrected chi connectivity index (χ1v) is 11.4. The van der Waals surface area contributed by atoms with Crippen molar-refractivity contribution in [2.45, 2.75) is 32.5 Å². The second-order valence-electron chi connectivity index (χ2n) is 8.24. The third kappa shape index (κ3) is 3.95. The number of aromatic nitrogens is 2. The van der Waals surface area contributed by atoms with E-state index in [0.717, 1.165) is 21.7 Å². The molecule has 1 aliphatic rings. The summed E-state index contributed by atoms with van der Waals surface area (Å²) < 4.78 is 7.53. The molecule has 0 aliphatic carbocycles. The lowest BCUT2D eigenvalue weighted by Crippen LogP contribution is -2.32. The summed E-state index contributed by atoms with van der Waals surface area (Å²) in [5, 5.41) is 5.65. The number of hydrogen-bond acceptors (Lipinski definition) is 6. The van der Waals surface area contributed by atoms with Crippen LogP contribution in [0.15, 0.2) is 64.5 Å². The topological polar surface area (TPSA) is 68.5 Å². The average molecular weight is 465 g/mol. The van der Waals surface area contributed by atoms with Crippen LogP contribution >= 0.6 is 22.9 Å². The first kappa shape index (κ1) is 20.9. The number of ether oxygens (including phenoxy) is 1. The number of hydrogen-bond donors (Lipinski definition) is 1. The third-order valence-electron chi connectivity index (χ3n) is 5.37. The zero-order valence-corrected chi connectivity index (χ0v) is 19.2. The van der Waals surface area contributed by atoms with Gasteiger partial charge in [-0.3, -0.25) is 4.79 Å². The molecule has 6 nitrogen and oxygen atoms in total. The molecule has 162 valence electrons. The molecular weight excluding hydrogens is 444 g/mol. The molecule has 4 aromatic rings. The number of nitrogens with one attached hydrogen (secondary N) is 1. The SMILES string of the molecule is CC1(C)Cc2c(sc3nc(N/N=C/c4ccc(Cl)cc4)n(-c4ccccc4)c(=O)c23)CO1. The molecule has 8 heteroatoms. The molecule has 32 heavy (non-hydrogen) atoms. The monoisotopic (exact) mass is 464 g/mol. The minimum Gasteiger partial charge on any atom is -0.370 e. The largest absolute Gasteiger partial charge is 0.370 e. The Morgan fingerprint density at radius 3 is 2.69 bits per heavy atom. The Morgan fingerprint density at radius 1 is 1.19 bits per heavy atom. The number of para-hydroxylation sites is 1. The van der Waals surface area contributed by atoms with Crippen molar-refractivity contribution in [3.05, 3.63) is 86.0 Å². The van der Waals surface area contributed by atoms with Crippen LogP contribution in [0.2, 0.25) is 5.02 Å². The molecular formula is C24H21ClN4O2S. The van der Waals surface area contributed by atoms with E-state index in [1.54, 1.807) is 22.9 Å². The van der Waals surface area contributed by atoms with E-state index < -0.39 is 0 Å². The summed E-state index contributed by atoms with van der Waals surface area (Å²) in [5.74, 6) is 0.359. The van der Waals surface area contributed by atoms with Crippen LogP contribution in [0.25, 0.3) is 15.9 Å². The van der Waals surface area contributed by atoms with Gasteiger partial charge in [0, 0.05) is 16.3 Å². The first-order chi connectivity index (χ1) is 15.4. The van der Waals surface area contributed by atoms with Gasteiger partial charge in [-0.25, -0.2) is 15.0 Å². The second-order valence-corrected chi connectivity index (χ2v) is 9.76. The summed E-state index contributed by atoms with van der Waals surface area (Å²) in [5.41, 5.74) is 5.19. The smallest absolute Gasteiger partial charge is 0.268 e. The van der Waals surface area contributed by atoms with E-state index in [2.05, 4.69) is 10.5 Å². The van der Waals surface area contributed by atoms with Crippen molar-refractivity contribution in [2.75, 3.05) is 5.43 Å². The van der Waals surface area contributed by atoms with Crippen LogP contribution in [0.5, 0.6) is 0 Å². The predicted molar refractivity (Wildman–Crippen MR) is 130 cm³/mol. The minimum absolute atomic E-state index is 0.111. The van der Waals surface area contributed by atoms with Crippen molar-refractivity contribution in [3.63, 3.8) is 0 Å². The molecule has 1 aliphatic heterocycles. The lowest BCUT2D eigenvalue weighted by atomic mass is 9.94. The maximum absolute atomic E-state index is 13.7. The third-order valence-corrected chi connectivity index (χ3v) is 6.72. The van der Waals surface area contributed by atoms with E-state index >= 15 is 0 Å². The molecule has 2 aromatic carbocycles. The van der Waals surface area contributed by atoms with Gasteiger partial charge in [0.2, 0.25) is 5.95 Å². The molecule has 3 heterocycles. The van der Waals surface area contributed by atoms with Crippen LogP contribution < -0.4 is 11.0 Å². The average Bonchev–Trinajstić information content (AvgIpc) is 3.12. The van der Waals surface area contributed by atoms with Gasteiger partial charge in [0.1, 0.15) is 4.83 Å². The Labute approximate surface area is 194 Å². The van der Waals surface area contributed by atoms with E-state index in [4.69, 9.17) is 21.3 Å². The standard InChI is InChI=1S/C24H21ClN4O2S/c1-24(2)12-18-19(14-31-24)32-21-20(18)22(30)29(17-6-4-3-5-7-17)23(27-21)28-26-13-15-8-10-16(25)11-9-15/h3-11,13H,12,14H2,1-2H3,(H,27,28)/b26-13+. The number of benzene rings is 2. The zero-order valence-electron chi connectivity index (χ0n) is 17.6. The quantitative estimate of drug-likeness (QED) is 0.324. The number of anilines is 1. The number of fused-ring (bicyclic) bond motifs is 3. The number of nitrogens with zero attached hydrogens (tertiary/aromatic N) is 3. The van der Waals surface area contributed by atoms with Crippen molar-refractivity contribution < 1.29 is 4.74 Å². The highest BCUT2D eigenvalue weighted by molar-refractivity contribution is 7.18. The van der Waals surface area contributed by atoms with E-state index in [-0.39, 0.29) is 11.2 Å². The maximum atomic E-state index is 13.7. The molecule has 0 saturated carbocycles. The Morgan fingerprint density at radius 2 is 1.94 bits per heavy atom. The number of rotatable bonds is 4. The molecule has 0 radical (unpaired) electrons. The lowest BCUT2D eigenvalue weighted by Gasteiger charge is -2.29. The Hall–Kier alpha value is -3.00. The van der Waals surface area contributed by atoms with E-state index in [1.807, 2.05) is 56.3 Å². The van der Waals surface area contributed by atoms with Crippen LogP contribution in [0.3, 0.4) is 0 Å². The summed E-state index contributed by atoms with van der Waals surface area (Å²) in [6, 6.07) is 16.8. The minimum atomic E-state index is -0.315. The molecule has 5 rings (SSSR count). The maximum Gasteiger partial charge on any atom is 0.268 e. The van der Waals surface area contributed by atoms with E-state index in [1.165, 1.54) is 11.3 Å². The fourth-order valence-corrected chi connectivity index (χ4v) is 5.02. The van der Waals surface area contributed by atoms with Crippen LogP contribution in [0, 0.1) is 0 Å². The zero-order chi connectivity index (χ0) is 22.3. The molecule has 0 spiro atoms.